The predicted octanol–water partition coefficient (Wildman–Crippen LogP) is 2.90. The van der Waals surface area contributed by atoms with Gasteiger partial charge < -0.3 is 4.74 Å². The summed E-state index contributed by atoms with van der Waals surface area (Å²) in [6.45, 7) is 0. The highest BCUT2D eigenvalue weighted by molar-refractivity contribution is 5.49. The van der Waals surface area contributed by atoms with E-state index >= 15 is 0 Å². The molecular formula is C13H10NO. The van der Waals surface area contributed by atoms with Crippen molar-refractivity contribution in [1.82, 2.24) is 6.15 Å². The number of rotatable bonds is 0. The molecule has 0 N–H and O–H groups in total. The van der Waals surface area contributed by atoms with E-state index in [-0.39, 0.29) is 6.15 Å². The van der Waals surface area contributed by atoms with Crippen molar-refractivity contribution in [2.45, 2.75) is 6.42 Å². The summed E-state index contributed by atoms with van der Waals surface area (Å²) in [5.74, 6) is 1.98. The smallest absolute Gasteiger partial charge is 0.130 e. The molecule has 0 aliphatic carbocycles. The van der Waals surface area contributed by atoms with Gasteiger partial charge in [-0.1, -0.05) is 36.4 Å². The van der Waals surface area contributed by atoms with Crippen LogP contribution < -0.4 is 10.9 Å². The summed E-state index contributed by atoms with van der Waals surface area (Å²) in [7, 11) is 0. The van der Waals surface area contributed by atoms with Gasteiger partial charge in [0.1, 0.15) is 11.5 Å². The van der Waals surface area contributed by atoms with Crippen LogP contribution in [0.5, 0.6) is 11.5 Å². The van der Waals surface area contributed by atoms with Gasteiger partial charge in [-0.25, -0.2) is 0 Å². The molecule has 15 heavy (non-hydrogen) atoms. The largest absolute Gasteiger partial charge is 0.457 e. The van der Waals surface area contributed by atoms with Crippen LogP contribution in [0.1, 0.15) is 11.1 Å². The summed E-state index contributed by atoms with van der Waals surface area (Å²) in [5.41, 5.74) is 2.54. The van der Waals surface area contributed by atoms with Crippen molar-refractivity contribution in [3.63, 3.8) is 0 Å². The zero-order valence-electron chi connectivity index (χ0n) is 8.18. The predicted molar refractivity (Wildman–Crippen MR) is 57.9 cm³/mol. The first-order valence-electron chi connectivity index (χ1n) is 4.77. The Balaban J connectivity index is 0.000000853. The molecule has 0 amide bonds. The summed E-state index contributed by atoms with van der Waals surface area (Å²) >= 11 is 0. The van der Waals surface area contributed by atoms with E-state index in [9.17, 15) is 0 Å². The maximum Gasteiger partial charge on any atom is 0.130 e. The van der Waals surface area contributed by atoms with Crippen LogP contribution in [0.25, 0.3) is 0 Å². The molecule has 0 saturated heterocycles. The third kappa shape index (κ3) is 1.60. The molecule has 0 spiro atoms. The Kier molecular flexibility index (Phi) is 2.44. The highest BCUT2D eigenvalue weighted by Gasteiger charge is 2.14. The molecule has 73 valence electrons. The van der Waals surface area contributed by atoms with Gasteiger partial charge in [0.2, 0.25) is 0 Å². The van der Waals surface area contributed by atoms with Gasteiger partial charge in [0, 0.05) is 12.6 Å². The molecule has 0 saturated carbocycles. The Morgan fingerprint density at radius 3 is 1.73 bits per heavy atom. The van der Waals surface area contributed by atoms with Crippen LogP contribution in [0.3, 0.4) is 0 Å². The fourth-order valence-electron chi connectivity index (χ4n) is 1.82. The molecule has 2 aromatic rings. The lowest BCUT2D eigenvalue weighted by atomic mass is 10.0. The number of benzene rings is 2. The van der Waals surface area contributed by atoms with Crippen LogP contribution in [0.2, 0.25) is 0 Å². The van der Waals surface area contributed by atoms with E-state index in [2.05, 4.69) is 24.3 Å². The quantitative estimate of drug-likeness (QED) is 0.545. The van der Waals surface area contributed by atoms with Gasteiger partial charge >= 0.3 is 0 Å². The summed E-state index contributed by atoms with van der Waals surface area (Å²) < 4.78 is 5.78. The minimum atomic E-state index is 0. The molecule has 0 bridgehead atoms. The Morgan fingerprint density at radius 1 is 0.733 bits per heavy atom. The van der Waals surface area contributed by atoms with Crippen LogP contribution >= 0.6 is 0 Å². The molecule has 3 radical (unpaired) electrons. The highest BCUT2D eigenvalue weighted by Crippen LogP contribution is 2.35. The van der Waals surface area contributed by atoms with Gasteiger partial charge in [0.05, 0.1) is 0 Å². The van der Waals surface area contributed by atoms with Crippen molar-refractivity contribution in [2.24, 2.45) is 0 Å². The standard InChI is InChI=1S/C13H10O.N/c1-3-7-12-10(5-1)9-11-6-2-4-8-13(11)14-12;/h1-8H,9H2;. The molecular weight excluding hydrogens is 186 g/mol. The monoisotopic (exact) mass is 196 g/mol. The van der Waals surface area contributed by atoms with Crippen LogP contribution in [0.15, 0.2) is 48.5 Å². The molecule has 1 aliphatic rings. The van der Waals surface area contributed by atoms with E-state index in [0.29, 0.717) is 0 Å². The Bertz CT molecular complexity index is 392. The summed E-state index contributed by atoms with van der Waals surface area (Å²) in [6, 6.07) is 16.4. The van der Waals surface area contributed by atoms with E-state index in [4.69, 9.17) is 4.74 Å². The van der Waals surface area contributed by atoms with Crippen molar-refractivity contribution < 1.29 is 4.74 Å². The fourth-order valence-corrected chi connectivity index (χ4v) is 1.82. The number of ether oxygens (including phenoxy) is 1. The molecule has 0 unspecified atom stereocenters. The van der Waals surface area contributed by atoms with Gasteiger partial charge in [0.25, 0.3) is 0 Å². The van der Waals surface area contributed by atoms with Crippen molar-refractivity contribution in [3.05, 3.63) is 59.7 Å². The average Bonchev–Trinajstić information content (AvgIpc) is 2.26. The van der Waals surface area contributed by atoms with Gasteiger partial charge in [-0.15, -0.1) is 0 Å². The molecule has 1 aliphatic heterocycles. The highest BCUT2D eigenvalue weighted by atomic mass is 16.5. The molecule has 2 nitrogen and oxygen atoms in total. The lowest BCUT2D eigenvalue weighted by molar-refractivity contribution is 0.460. The van der Waals surface area contributed by atoms with Crippen molar-refractivity contribution in [1.29, 1.82) is 0 Å². The number of nitrogens with zero attached hydrogens (tertiary/aromatic N) is 1. The first-order chi connectivity index (χ1) is 6.93. The van der Waals surface area contributed by atoms with Crippen LogP contribution in [0.4, 0.5) is 0 Å². The van der Waals surface area contributed by atoms with E-state index in [1.165, 1.54) is 11.1 Å². The molecule has 0 fully saturated rings. The Morgan fingerprint density at radius 2 is 1.20 bits per heavy atom. The Labute approximate surface area is 89.1 Å². The summed E-state index contributed by atoms with van der Waals surface area (Å²) in [5, 5.41) is 0. The maximum atomic E-state index is 5.78. The zero-order valence-corrected chi connectivity index (χ0v) is 8.18. The molecule has 0 aromatic heterocycles. The minimum Gasteiger partial charge on any atom is -0.457 e. The number of para-hydroxylation sites is 2. The van der Waals surface area contributed by atoms with E-state index in [1.54, 1.807) is 0 Å². The van der Waals surface area contributed by atoms with Crippen molar-refractivity contribution >= 4 is 0 Å². The molecule has 1 heterocycles. The van der Waals surface area contributed by atoms with Gasteiger partial charge in [-0.3, -0.25) is 0 Å². The first-order valence-corrected chi connectivity index (χ1v) is 4.77. The van der Waals surface area contributed by atoms with Crippen molar-refractivity contribution in [3.8, 4) is 11.5 Å². The topological polar surface area (TPSA) is 39.7 Å². The minimum absolute atomic E-state index is 0. The van der Waals surface area contributed by atoms with E-state index in [0.717, 1.165) is 17.9 Å². The SMILES string of the molecule is [N].c1ccc2c(c1)Cc1ccccc1O2. The van der Waals surface area contributed by atoms with Crippen LogP contribution in [-0.2, 0) is 6.42 Å². The van der Waals surface area contributed by atoms with E-state index < -0.39 is 0 Å². The lowest BCUT2D eigenvalue weighted by Crippen LogP contribution is -2.01. The second-order valence-electron chi connectivity index (χ2n) is 3.49. The second-order valence-corrected chi connectivity index (χ2v) is 3.49. The molecule has 3 rings (SSSR count). The molecule has 2 heteroatoms. The first kappa shape index (κ1) is 9.74. The van der Waals surface area contributed by atoms with Gasteiger partial charge in [-0.2, -0.15) is 0 Å². The van der Waals surface area contributed by atoms with Crippen LogP contribution in [0, 0.1) is 0 Å². The third-order valence-electron chi connectivity index (χ3n) is 2.55. The molecule has 2 aromatic carbocycles. The summed E-state index contributed by atoms with van der Waals surface area (Å²) in [4.78, 5) is 0. The fraction of sp³-hybridized carbons (Fsp3) is 0.0769. The number of hydrogen-bond donors (Lipinski definition) is 0. The van der Waals surface area contributed by atoms with Crippen LogP contribution in [-0.4, -0.2) is 0 Å². The Hall–Kier alpha value is -1.80. The number of hydrogen-bond acceptors (Lipinski definition) is 1. The third-order valence-corrected chi connectivity index (χ3v) is 2.55. The van der Waals surface area contributed by atoms with Crippen molar-refractivity contribution in [2.75, 3.05) is 0 Å². The van der Waals surface area contributed by atoms with E-state index in [1.807, 2.05) is 24.3 Å². The average molecular weight is 196 g/mol. The van der Waals surface area contributed by atoms with Gasteiger partial charge in [0.15, 0.2) is 0 Å². The summed E-state index contributed by atoms with van der Waals surface area (Å²) in [6.07, 6.45) is 0.979. The maximum absolute atomic E-state index is 5.78. The molecule has 0 atom stereocenters. The lowest BCUT2D eigenvalue weighted by Gasteiger charge is -2.19. The number of fused-ring (bicyclic) bond motifs is 2. The zero-order chi connectivity index (χ0) is 9.38. The second kappa shape index (κ2) is 3.75. The normalized spacial score (nSPS) is 11.7. The van der Waals surface area contributed by atoms with Gasteiger partial charge in [-0.05, 0) is 23.3 Å².